The van der Waals surface area contributed by atoms with Gasteiger partial charge in [-0.15, -0.1) is 0 Å². The zero-order valence-electron chi connectivity index (χ0n) is 10.1. The van der Waals surface area contributed by atoms with Crippen LogP contribution in [-0.4, -0.2) is 20.3 Å². The molecule has 3 aromatic rings. The monoisotopic (exact) mass is 255 g/mol. The number of aromatic hydroxyl groups is 3. The lowest BCUT2D eigenvalue weighted by molar-refractivity contribution is 0.460. The maximum Gasteiger partial charge on any atom is 0.141 e. The van der Waals surface area contributed by atoms with Crippen LogP contribution in [0.15, 0.2) is 60.8 Å². The average molecular weight is 255 g/mol. The van der Waals surface area contributed by atoms with Gasteiger partial charge in [0.15, 0.2) is 0 Å². The fraction of sp³-hybridized carbons (Fsp3) is 0. The number of phenolic OH excluding ortho intramolecular Hbond substituents is 3. The summed E-state index contributed by atoms with van der Waals surface area (Å²) in [5.41, 5.74) is 0.662. The molecule has 96 valence electrons. The van der Waals surface area contributed by atoms with Crippen molar-refractivity contribution < 1.29 is 15.3 Å². The summed E-state index contributed by atoms with van der Waals surface area (Å²) < 4.78 is 0. The molecule has 0 radical (unpaired) electrons. The second-order valence-corrected chi connectivity index (χ2v) is 3.87. The number of pyridine rings is 1. The maximum absolute atomic E-state index is 9.31. The normalized spacial score (nSPS) is 9.68. The topological polar surface area (TPSA) is 73.6 Å². The predicted molar refractivity (Wildman–Crippen MR) is 73.2 cm³/mol. The van der Waals surface area contributed by atoms with Gasteiger partial charge in [0.1, 0.15) is 22.8 Å². The van der Waals surface area contributed by atoms with Crippen LogP contribution >= 0.6 is 0 Å². The Bertz CT molecular complexity index is 639. The van der Waals surface area contributed by atoms with Crippen molar-refractivity contribution >= 4 is 10.9 Å². The van der Waals surface area contributed by atoms with Gasteiger partial charge in [-0.05, 0) is 36.4 Å². The summed E-state index contributed by atoms with van der Waals surface area (Å²) in [6.45, 7) is 0. The van der Waals surface area contributed by atoms with E-state index in [0.717, 1.165) is 5.39 Å². The van der Waals surface area contributed by atoms with Gasteiger partial charge in [-0.25, -0.2) is 0 Å². The van der Waals surface area contributed by atoms with Gasteiger partial charge >= 0.3 is 0 Å². The van der Waals surface area contributed by atoms with Crippen LogP contribution in [0.1, 0.15) is 0 Å². The van der Waals surface area contributed by atoms with Gasteiger partial charge < -0.3 is 15.3 Å². The highest BCUT2D eigenvalue weighted by Gasteiger charge is 1.96. The fourth-order valence-electron chi connectivity index (χ4n) is 1.54. The molecule has 4 heteroatoms. The Hall–Kier alpha value is -2.75. The molecule has 1 aromatic heterocycles. The standard InChI is InChI=1S/C9H7NO.C6H6O2/c11-8-5-1-3-7-4-2-6-10-9(7)8;7-5-1-2-6(8)4-3-5/h1-6,11H;1-4,7-8H. The van der Waals surface area contributed by atoms with Gasteiger partial charge in [0.2, 0.25) is 0 Å². The molecule has 0 atom stereocenters. The van der Waals surface area contributed by atoms with Crippen molar-refractivity contribution in [2.45, 2.75) is 0 Å². The molecule has 0 fully saturated rings. The molecule has 0 bridgehead atoms. The van der Waals surface area contributed by atoms with Gasteiger partial charge in [-0.3, -0.25) is 4.98 Å². The van der Waals surface area contributed by atoms with Crippen molar-refractivity contribution in [1.82, 2.24) is 4.98 Å². The third-order valence-electron chi connectivity index (χ3n) is 2.46. The first kappa shape index (κ1) is 12.7. The number of hydrogen-bond donors (Lipinski definition) is 3. The molecule has 0 saturated carbocycles. The molecule has 0 spiro atoms. The van der Waals surface area contributed by atoms with Crippen LogP contribution in [0.4, 0.5) is 0 Å². The summed E-state index contributed by atoms with van der Waals surface area (Å²) in [6.07, 6.45) is 1.67. The van der Waals surface area contributed by atoms with E-state index < -0.39 is 0 Å². The van der Waals surface area contributed by atoms with Crippen molar-refractivity contribution in [2.75, 3.05) is 0 Å². The van der Waals surface area contributed by atoms with Crippen molar-refractivity contribution in [3.8, 4) is 17.2 Å². The molecule has 0 aliphatic carbocycles. The Kier molecular flexibility index (Phi) is 3.83. The molecular formula is C15H13NO3. The minimum absolute atomic E-state index is 0.169. The third-order valence-corrected chi connectivity index (χ3v) is 2.46. The molecule has 4 nitrogen and oxygen atoms in total. The van der Waals surface area contributed by atoms with Gasteiger partial charge in [-0.1, -0.05) is 18.2 Å². The quantitative estimate of drug-likeness (QED) is 0.540. The van der Waals surface area contributed by atoms with Crippen molar-refractivity contribution in [1.29, 1.82) is 0 Å². The number of rotatable bonds is 0. The smallest absolute Gasteiger partial charge is 0.141 e. The van der Waals surface area contributed by atoms with Crippen LogP contribution in [0, 0.1) is 0 Å². The second-order valence-electron chi connectivity index (χ2n) is 3.87. The first-order valence-corrected chi connectivity index (χ1v) is 5.67. The summed E-state index contributed by atoms with van der Waals surface area (Å²) in [6, 6.07) is 14.8. The Morgan fingerprint density at radius 2 is 1.26 bits per heavy atom. The molecule has 3 N–H and O–H groups in total. The van der Waals surface area contributed by atoms with Crippen LogP contribution in [0.2, 0.25) is 0 Å². The Morgan fingerprint density at radius 1 is 0.684 bits per heavy atom. The van der Waals surface area contributed by atoms with Gasteiger partial charge in [-0.2, -0.15) is 0 Å². The number of fused-ring (bicyclic) bond motifs is 1. The molecule has 2 aromatic carbocycles. The van der Waals surface area contributed by atoms with E-state index in [9.17, 15) is 5.11 Å². The van der Waals surface area contributed by atoms with E-state index in [0.29, 0.717) is 5.52 Å². The summed E-state index contributed by atoms with van der Waals surface area (Å²) in [5.74, 6) is 0.578. The molecule has 0 amide bonds. The third kappa shape index (κ3) is 3.35. The van der Waals surface area contributed by atoms with Crippen molar-refractivity contribution in [3.05, 3.63) is 60.8 Å². The van der Waals surface area contributed by atoms with E-state index in [1.54, 1.807) is 18.3 Å². The predicted octanol–water partition coefficient (Wildman–Crippen LogP) is 3.04. The van der Waals surface area contributed by atoms with Crippen molar-refractivity contribution in [3.63, 3.8) is 0 Å². The minimum atomic E-state index is 0.169. The zero-order chi connectivity index (χ0) is 13.7. The highest BCUT2D eigenvalue weighted by molar-refractivity contribution is 5.83. The summed E-state index contributed by atoms with van der Waals surface area (Å²) >= 11 is 0. The molecule has 0 aliphatic rings. The minimum Gasteiger partial charge on any atom is -0.508 e. The zero-order valence-corrected chi connectivity index (χ0v) is 10.1. The number of benzene rings is 2. The van der Waals surface area contributed by atoms with E-state index in [2.05, 4.69) is 4.98 Å². The molecule has 19 heavy (non-hydrogen) atoms. The van der Waals surface area contributed by atoms with Crippen LogP contribution in [0.25, 0.3) is 10.9 Å². The molecule has 3 rings (SSSR count). The van der Waals surface area contributed by atoms with E-state index in [1.807, 2.05) is 18.2 Å². The highest BCUT2D eigenvalue weighted by Crippen LogP contribution is 2.20. The summed E-state index contributed by atoms with van der Waals surface area (Å²) in [4.78, 5) is 4.03. The Balaban J connectivity index is 0.000000148. The Morgan fingerprint density at radius 3 is 1.84 bits per heavy atom. The van der Waals surface area contributed by atoms with Crippen LogP contribution < -0.4 is 0 Å². The van der Waals surface area contributed by atoms with E-state index in [4.69, 9.17) is 10.2 Å². The van der Waals surface area contributed by atoms with Gasteiger partial charge in [0.25, 0.3) is 0 Å². The maximum atomic E-state index is 9.31. The number of aromatic nitrogens is 1. The lowest BCUT2D eigenvalue weighted by Crippen LogP contribution is -1.76. The summed E-state index contributed by atoms with van der Waals surface area (Å²) in [5, 5.41) is 27.6. The number of nitrogens with zero attached hydrogens (tertiary/aromatic N) is 1. The van der Waals surface area contributed by atoms with E-state index >= 15 is 0 Å². The SMILES string of the molecule is Oc1ccc(O)cc1.Oc1cccc2cccnc12. The number of para-hydroxylation sites is 1. The van der Waals surface area contributed by atoms with E-state index in [1.165, 1.54) is 24.3 Å². The first-order chi connectivity index (χ1) is 9.16. The van der Waals surface area contributed by atoms with E-state index in [-0.39, 0.29) is 17.2 Å². The van der Waals surface area contributed by atoms with Gasteiger partial charge in [0.05, 0.1) is 0 Å². The molecule has 0 unspecified atom stereocenters. The fourth-order valence-corrected chi connectivity index (χ4v) is 1.54. The molecule has 1 heterocycles. The van der Waals surface area contributed by atoms with Crippen LogP contribution in [0.3, 0.4) is 0 Å². The largest absolute Gasteiger partial charge is 0.508 e. The Labute approximate surface area is 110 Å². The average Bonchev–Trinajstić information content (AvgIpc) is 2.44. The first-order valence-electron chi connectivity index (χ1n) is 5.67. The lowest BCUT2D eigenvalue weighted by atomic mass is 10.2. The number of hydrogen-bond acceptors (Lipinski definition) is 4. The van der Waals surface area contributed by atoms with Gasteiger partial charge in [0, 0.05) is 11.6 Å². The molecular weight excluding hydrogens is 242 g/mol. The van der Waals surface area contributed by atoms with Crippen LogP contribution in [0.5, 0.6) is 17.2 Å². The second kappa shape index (κ2) is 5.73. The van der Waals surface area contributed by atoms with Crippen molar-refractivity contribution in [2.24, 2.45) is 0 Å². The number of phenols is 3. The molecule has 0 aliphatic heterocycles. The van der Waals surface area contributed by atoms with Crippen LogP contribution in [-0.2, 0) is 0 Å². The molecule has 0 saturated heterocycles. The summed E-state index contributed by atoms with van der Waals surface area (Å²) in [7, 11) is 0. The highest BCUT2D eigenvalue weighted by atomic mass is 16.3. The lowest BCUT2D eigenvalue weighted by Gasteiger charge is -1.96.